The van der Waals surface area contributed by atoms with E-state index < -0.39 is 0 Å². The molecule has 2 aromatic carbocycles. The number of hydrogen-bond acceptors (Lipinski definition) is 2. The van der Waals surface area contributed by atoms with E-state index in [1.165, 1.54) is 5.56 Å². The van der Waals surface area contributed by atoms with E-state index in [1.54, 1.807) is 0 Å². The number of hydrogen-bond donors (Lipinski definition) is 1. The van der Waals surface area contributed by atoms with Gasteiger partial charge in [0.05, 0.1) is 0 Å². The largest absolute Gasteiger partial charge is 0.457 e. The molecule has 16 heavy (non-hydrogen) atoms. The highest BCUT2D eigenvalue weighted by Crippen LogP contribution is 2.25. The second-order valence-electron chi connectivity index (χ2n) is 3.50. The molecule has 0 aliphatic carbocycles. The van der Waals surface area contributed by atoms with Gasteiger partial charge >= 0.3 is 0 Å². The van der Waals surface area contributed by atoms with Gasteiger partial charge in [0, 0.05) is 0 Å². The molecular weight excluding hydrogens is 216 g/mol. The highest BCUT2D eigenvalue weighted by molar-refractivity contribution is 7.80. The summed E-state index contributed by atoms with van der Waals surface area (Å²) < 4.78 is 5.83. The number of rotatable bonds is 4. The van der Waals surface area contributed by atoms with Gasteiger partial charge < -0.3 is 4.74 Å². The molecule has 0 aliphatic rings. The first-order valence-electron chi connectivity index (χ1n) is 5.32. The molecule has 0 aliphatic heterocycles. The molecule has 0 spiro atoms. The lowest BCUT2D eigenvalue weighted by Crippen LogP contribution is -1.92. The summed E-state index contributed by atoms with van der Waals surface area (Å²) in [5, 5.41) is 0. The Morgan fingerprint density at radius 1 is 0.875 bits per heavy atom. The predicted octanol–water partition coefficient (Wildman–Crippen LogP) is 3.95. The SMILES string of the molecule is SCCc1ccccc1Oc1ccccc1. The van der Waals surface area contributed by atoms with Crippen molar-refractivity contribution in [2.75, 3.05) is 5.75 Å². The maximum Gasteiger partial charge on any atom is 0.130 e. The minimum Gasteiger partial charge on any atom is -0.457 e. The Balaban J connectivity index is 2.21. The maximum absolute atomic E-state index is 5.83. The lowest BCUT2D eigenvalue weighted by molar-refractivity contribution is 0.477. The molecule has 0 fully saturated rings. The van der Waals surface area contributed by atoms with Crippen molar-refractivity contribution in [1.82, 2.24) is 0 Å². The molecular formula is C14H14OS. The number of para-hydroxylation sites is 2. The third-order valence-electron chi connectivity index (χ3n) is 2.32. The molecule has 0 aromatic heterocycles. The Bertz CT molecular complexity index is 439. The third kappa shape index (κ3) is 2.80. The summed E-state index contributed by atoms with van der Waals surface area (Å²) in [6.07, 6.45) is 0.923. The highest BCUT2D eigenvalue weighted by atomic mass is 32.1. The second-order valence-corrected chi connectivity index (χ2v) is 3.94. The van der Waals surface area contributed by atoms with E-state index in [2.05, 4.69) is 18.7 Å². The van der Waals surface area contributed by atoms with Gasteiger partial charge in [0.1, 0.15) is 11.5 Å². The molecule has 1 nitrogen and oxygen atoms in total. The van der Waals surface area contributed by atoms with E-state index in [9.17, 15) is 0 Å². The molecule has 0 atom stereocenters. The summed E-state index contributed by atoms with van der Waals surface area (Å²) in [5.41, 5.74) is 1.20. The van der Waals surface area contributed by atoms with Crippen molar-refractivity contribution in [2.45, 2.75) is 6.42 Å². The van der Waals surface area contributed by atoms with Crippen LogP contribution < -0.4 is 4.74 Å². The van der Waals surface area contributed by atoms with Gasteiger partial charge in [-0.2, -0.15) is 12.6 Å². The van der Waals surface area contributed by atoms with Gasteiger partial charge in [-0.3, -0.25) is 0 Å². The van der Waals surface area contributed by atoms with Crippen molar-refractivity contribution in [3.8, 4) is 11.5 Å². The first kappa shape index (κ1) is 11.1. The summed E-state index contributed by atoms with van der Waals surface area (Å²) in [6, 6.07) is 17.9. The first-order valence-corrected chi connectivity index (χ1v) is 5.95. The fraction of sp³-hybridized carbons (Fsp3) is 0.143. The van der Waals surface area contributed by atoms with Crippen LogP contribution in [0.2, 0.25) is 0 Å². The first-order chi connectivity index (χ1) is 7.90. The van der Waals surface area contributed by atoms with Gasteiger partial charge in [-0.25, -0.2) is 0 Å². The van der Waals surface area contributed by atoms with Gasteiger partial charge in [0.15, 0.2) is 0 Å². The number of thiol groups is 1. The number of ether oxygens (including phenoxy) is 1. The van der Waals surface area contributed by atoms with E-state index in [0.717, 1.165) is 23.7 Å². The van der Waals surface area contributed by atoms with Crippen LogP contribution in [-0.4, -0.2) is 5.75 Å². The van der Waals surface area contributed by atoms with Gasteiger partial charge in [-0.05, 0) is 35.9 Å². The molecule has 2 heteroatoms. The van der Waals surface area contributed by atoms with E-state index >= 15 is 0 Å². The van der Waals surface area contributed by atoms with Crippen molar-refractivity contribution in [1.29, 1.82) is 0 Å². The minimum atomic E-state index is 0.829. The molecule has 2 rings (SSSR count). The van der Waals surface area contributed by atoms with E-state index in [4.69, 9.17) is 4.74 Å². The fourth-order valence-corrected chi connectivity index (χ4v) is 1.79. The molecule has 0 unspecified atom stereocenters. The normalized spacial score (nSPS) is 10.1. The Morgan fingerprint density at radius 2 is 1.56 bits per heavy atom. The zero-order chi connectivity index (χ0) is 11.2. The summed E-state index contributed by atoms with van der Waals surface area (Å²) in [4.78, 5) is 0. The van der Waals surface area contributed by atoms with Crippen molar-refractivity contribution in [3.05, 3.63) is 60.2 Å². The van der Waals surface area contributed by atoms with Crippen LogP contribution in [0.15, 0.2) is 54.6 Å². The molecule has 0 heterocycles. The van der Waals surface area contributed by atoms with Gasteiger partial charge in [0.2, 0.25) is 0 Å². The Labute approximate surface area is 101 Å². The van der Waals surface area contributed by atoms with Gasteiger partial charge in [-0.15, -0.1) is 0 Å². The summed E-state index contributed by atoms with van der Waals surface area (Å²) in [7, 11) is 0. The Kier molecular flexibility index (Phi) is 3.89. The zero-order valence-corrected chi connectivity index (χ0v) is 9.86. The summed E-state index contributed by atoms with van der Waals surface area (Å²) in [5.74, 6) is 2.62. The highest BCUT2D eigenvalue weighted by Gasteiger charge is 2.02. The van der Waals surface area contributed by atoms with E-state index in [0.29, 0.717) is 0 Å². The average molecular weight is 230 g/mol. The van der Waals surface area contributed by atoms with E-state index in [1.807, 2.05) is 48.5 Å². The number of benzene rings is 2. The van der Waals surface area contributed by atoms with Crippen LogP contribution in [0.25, 0.3) is 0 Å². The minimum absolute atomic E-state index is 0.829. The van der Waals surface area contributed by atoms with Crippen LogP contribution in [0.5, 0.6) is 11.5 Å². The fourth-order valence-electron chi connectivity index (χ4n) is 1.55. The molecule has 82 valence electrons. The smallest absolute Gasteiger partial charge is 0.130 e. The van der Waals surface area contributed by atoms with Gasteiger partial charge in [-0.1, -0.05) is 36.4 Å². The van der Waals surface area contributed by atoms with Crippen LogP contribution in [0, 0.1) is 0 Å². The molecule has 0 saturated carbocycles. The molecule has 0 bridgehead atoms. The van der Waals surface area contributed by atoms with Crippen molar-refractivity contribution < 1.29 is 4.74 Å². The Hall–Kier alpha value is -1.41. The summed E-state index contributed by atoms with van der Waals surface area (Å²) >= 11 is 4.25. The Morgan fingerprint density at radius 3 is 2.31 bits per heavy atom. The predicted molar refractivity (Wildman–Crippen MR) is 70.5 cm³/mol. The lowest BCUT2D eigenvalue weighted by Gasteiger charge is -2.09. The van der Waals surface area contributed by atoms with Crippen LogP contribution in [0.4, 0.5) is 0 Å². The van der Waals surface area contributed by atoms with Crippen molar-refractivity contribution in [3.63, 3.8) is 0 Å². The molecule has 2 aromatic rings. The second kappa shape index (κ2) is 5.61. The molecule has 0 amide bonds. The van der Waals surface area contributed by atoms with E-state index in [-0.39, 0.29) is 0 Å². The zero-order valence-electron chi connectivity index (χ0n) is 8.97. The topological polar surface area (TPSA) is 9.23 Å². The lowest BCUT2D eigenvalue weighted by atomic mass is 10.1. The van der Waals surface area contributed by atoms with Gasteiger partial charge in [0.25, 0.3) is 0 Å². The van der Waals surface area contributed by atoms with Crippen LogP contribution >= 0.6 is 12.6 Å². The number of aryl methyl sites for hydroxylation is 1. The maximum atomic E-state index is 5.83. The van der Waals surface area contributed by atoms with Crippen LogP contribution in [0.1, 0.15) is 5.56 Å². The van der Waals surface area contributed by atoms with Crippen molar-refractivity contribution >= 4 is 12.6 Å². The average Bonchev–Trinajstić information content (AvgIpc) is 2.33. The quantitative estimate of drug-likeness (QED) is 0.782. The van der Waals surface area contributed by atoms with Crippen molar-refractivity contribution in [2.24, 2.45) is 0 Å². The molecule has 0 radical (unpaired) electrons. The molecule has 0 N–H and O–H groups in total. The van der Waals surface area contributed by atoms with Crippen LogP contribution in [-0.2, 0) is 6.42 Å². The summed E-state index contributed by atoms with van der Waals surface area (Å²) in [6.45, 7) is 0. The third-order valence-corrected chi connectivity index (χ3v) is 2.55. The van der Waals surface area contributed by atoms with Crippen LogP contribution in [0.3, 0.4) is 0 Å². The monoisotopic (exact) mass is 230 g/mol. The molecule has 0 saturated heterocycles. The standard InChI is InChI=1S/C14H14OS/c16-11-10-12-6-4-5-9-14(12)15-13-7-2-1-3-8-13/h1-9,16H,10-11H2.